The summed E-state index contributed by atoms with van der Waals surface area (Å²) in [6.07, 6.45) is 16.2. The highest BCUT2D eigenvalue weighted by Crippen LogP contribution is 2.38. The molecule has 1 saturated carbocycles. The first-order valence-electron chi connectivity index (χ1n) is 27.4. The van der Waals surface area contributed by atoms with E-state index in [-0.39, 0.29) is 80.7 Å². The molecule has 76 heavy (non-hydrogen) atoms. The number of aliphatic hydroxyl groups is 2. The van der Waals surface area contributed by atoms with Gasteiger partial charge in [-0.05, 0) is 107 Å². The van der Waals surface area contributed by atoms with Crippen molar-refractivity contribution >= 4 is 35.2 Å². The molecule has 1 aromatic rings. The van der Waals surface area contributed by atoms with Gasteiger partial charge in [-0.3, -0.25) is 24.0 Å². The molecule has 4 aliphatic rings. The summed E-state index contributed by atoms with van der Waals surface area (Å²) in [6.45, 7) is 13.0. The number of cyclic esters (lactones) is 1. The van der Waals surface area contributed by atoms with Gasteiger partial charge in [-0.25, -0.2) is 9.78 Å². The van der Waals surface area contributed by atoms with Gasteiger partial charge in [0.05, 0.1) is 37.4 Å². The molecule has 2 saturated heterocycles. The number of esters is 2. The van der Waals surface area contributed by atoms with Crippen LogP contribution in [0.15, 0.2) is 66.3 Å². The Bertz CT molecular complexity index is 2210. The number of methoxy groups -OCH3 is 3. The lowest BCUT2D eigenvalue weighted by molar-refractivity contribution is -0.265. The average molecular weight is 1070 g/mol. The number of piperidine rings is 1. The fraction of sp³-hybridized carbons (Fsp3) is 0.707. The third-order valence-corrected chi connectivity index (χ3v) is 16.0. The monoisotopic (exact) mass is 1070 g/mol. The van der Waals surface area contributed by atoms with Gasteiger partial charge in [0.1, 0.15) is 43.3 Å². The van der Waals surface area contributed by atoms with Gasteiger partial charge < -0.3 is 52.8 Å². The number of aromatic nitrogens is 2. The van der Waals surface area contributed by atoms with Crippen molar-refractivity contribution in [1.82, 2.24) is 14.5 Å². The second kappa shape index (κ2) is 29.9. The molecule has 3 aliphatic heterocycles. The number of nitrogens with zero attached hydrogens (tertiary/aromatic N) is 3. The SMILES string of the molecule is CO[C@H]1C[C@@H]2CC[C@@H](C)[C@@](O)(O2)C(=O)C(=O)N2CCCC[C@H]2C(=O)O[C@H]([C@H](C)C[C@H]2CC[C@@H](OCCOC(=O)Cn3ccnc3)[C@H](OC)C2)CC(=O)[C@H](C)/C=C(\C)[C@@H](O)[C@@H](OC)C(=O)[C@H](C)C[C@H](C)\C=C/C=C/C=C/1C. The van der Waals surface area contributed by atoms with Crippen LogP contribution in [0.3, 0.4) is 0 Å². The third-order valence-electron chi connectivity index (χ3n) is 16.0. The highest BCUT2D eigenvalue weighted by Gasteiger charge is 2.53. The molecule has 18 heteroatoms. The minimum Gasteiger partial charge on any atom is -0.462 e. The number of amides is 1. The van der Waals surface area contributed by atoms with E-state index in [2.05, 4.69) is 4.98 Å². The molecular weight excluding hydrogens is 979 g/mol. The van der Waals surface area contributed by atoms with Crippen LogP contribution >= 0.6 is 0 Å². The van der Waals surface area contributed by atoms with E-state index < -0.39 is 83.7 Å². The lowest BCUT2D eigenvalue weighted by Crippen LogP contribution is -2.61. The molecule has 424 valence electrons. The van der Waals surface area contributed by atoms with Crippen molar-refractivity contribution in [3.63, 3.8) is 0 Å². The molecule has 0 spiro atoms. The molecular formula is C58H87N3O15. The van der Waals surface area contributed by atoms with Crippen molar-refractivity contribution in [2.75, 3.05) is 41.1 Å². The summed E-state index contributed by atoms with van der Waals surface area (Å²) < 4.78 is 43.0. The molecule has 1 amide bonds. The lowest BCUT2D eigenvalue weighted by Gasteiger charge is -2.42. The van der Waals surface area contributed by atoms with Crippen LogP contribution in [0.25, 0.3) is 0 Å². The van der Waals surface area contributed by atoms with Crippen molar-refractivity contribution in [1.29, 1.82) is 0 Å². The van der Waals surface area contributed by atoms with Gasteiger partial charge in [0.15, 0.2) is 5.78 Å². The van der Waals surface area contributed by atoms with Gasteiger partial charge in [-0.1, -0.05) is 71.1 Å². The van der Waals surface area contributed by atoms with Crippen molar-refractivity contribution in [2.45, 2.75) is 187 Å². The number of carbonyl (C=O) groups excluding carboxylic acids is 6. The Hall–Kier alpha value is -4.69. The third kappa shape index (κ3) is 17.2. The number of rotatable bonds is 12. The minimum absolute atomic E-state index is 0.00397. The van der Waals surface area contributed by atoms with Crippen LogP contribution in [0.2, 0.25) is 0 Å². The highest BCUT2D eigenvalue weighted by molar-refractivity contribution is 6.39. The van der Waals surface area contributed by atoms with Crippen LogP contribution < -0.4 is 0 Å². The first-order chi connectivity index (χ1) is 36.2. The number of carbonyl (C=O) groups is 6. The minimum atomic E-state index is -2.45. The molecule has 0 aromatic carbocycles. The topological polar surface area (TPSA) is 229 Å². The van der Waals surface area contributed by atoms with Crippen LogP contribution in [0.4, 0.5) is 0 Å². The standard InChI is InChI=1S/C58H87N3O15/c1-36-16-12-11-13-17-37(2)48(70-8)32-44-21-19-42(7)58(69,76-44)55(66)56(67)61-24-15-14-18-45(61)57(68)75-49(33-46(62)38(3)29-41(6)53(65)54(72-10)52(64)40(5)28-36)39(4)30-43-20-22-47(50(31-43)71-9)73-26-27-74-51(63)34-60-25-23-59-35-60/h11-13,16-17,23,25,29,35-36,38-40,42-45,47-50,53-54,65,69H,14-15,18-22,24,26-28,30-34H2,1-10H3/b13-11+,16-12-,37-17+,41-29+/t36-,38-,39-,40-,42-,43-,44+,45+,47-,48+,49+,50-,53-,54+,58-/m1/s1. The zero-order chi connectivity index (χ0) is 55.7. The Morgan fingerprint density at radius 2 is 1.64 bits per heavy atom. The maximum atomic E-state index is 14.6. The molecule has 18 nitrogen and oxygen atoms in total. The molecule has 1 aromatic heterocycles. The van der Waals surface area contributed by atoms with Crippen LogP contribution in [0.1, 0.15) is 126 Å². The van der Waals surface area contributed by atoms with Gasteiger partial charge in [0.2, 0.25) is 5.79 Å². The summed E-state index contributed by atoms with van der Waals surface area (Å²) in [7, 11) is 4.57. The summed E-state index contributed by atoms with van der Waals surface area (Å²) in [5, 5.41) is 23.6. The van der Waals surface area contributed by atoms with Crippen molar-refractivity contribution < 1.29 is 72.1 Å². The van der Waals surface area contributed by atoms with E-state index in [1.165, 1.54) is 18.3 Å². The van der Waals surface area contributed by atoms with Crippen LogP contribution in [-0.2, 0) is 68.5 Å². The molecule has 1 aliphatic carbocycles. The lowest BCUT2D eigenvalue weighted by atomic mass is 9.78. The van der Waals surface area contributed by atoms with E-state index in [4.69, 9.17) is 33.2 Å². The normalized spacial score (nSPS) is 36.2. The van der Waals surface area contributed by atoms with E-state index in [1.807, 2.05) is 58.1 Å². The Morgan fingerprint density at radius 3 is 2.34 bits per heavy atom. The smallest absolute Gasteiger partial charge is 0.329 e. The first-order valence-corrected chi connectivity index (χ1v) is 27.4. The van der Waals surface area contributed by atoms with E-state index in [0.29, 0.717) is 63.4 Å². The quantitative estimate of drug-likeness (QED) is 0.0967. The second-order valence-corrected chi connectivity index (χ2v) is 21.9. The summed E-state index contributed by atoms with van der Waals surface area (Å²) in [5.74, 6) is -8.61. The maximum absolute atomic E-state index is 14.6. The number of aliphatic hydroxyl groups excluding tert-OH is 1. The van der Waals surface area contributed by atoms with Crippen molar-refractivity contribution in [3.05, 3.63) is 66.3 Å². The fourth-order valence-electron chi connectivity index (χ4n) is 11.2. The molecule has 5 rings (SSSR count). The summed E-state index contributed by atoms with van der Waals surface area (Å²) >= 11 is 0. The van der Waals surface area contributed by atoms with Gasteiger partial charge in [-0.15, -0.1) is 0 Å². The molecule has 3 fully saturated rings. The van der Waals surface area contributed by atoms with Gasteiger partial charge in [0, 0.05) is 70.9 Å². The Balaban J connectivity index is 1.39. The first kappa shape index (κ1) is 62.2. The number of Topliss-reactive ketones (excluding diaryl/α,β-unsaturated/α-hetero) is 3. The molecule has 2 N–H and O–H groups in total. The summed E-state index contributed by atoms with van der Waals surface area (Å²) in [4.78, 5) is 88.9. The average Bonchev–Trinajstić information content (AvgIpc) is 3.92. The Labute approximate surface area is 449 Å². The van der Waals surface area contributed by atoms with Gasteiger partial charge in [0.25, 0.3) is 11.7 Å². The number of ketones is 3. The predicted octanol–water partition coefficient (Wildman–Crippen LogP) is 6.64. The van der Waals surface area contributed by atoms with E-state index in [1.54, 1.807) is 58.0 Å². The van der Waals surface area contributed by atoms with Crippen molar-refractivity contribution in [3.8, 4) is 0 Å². The van der Waals surface area contributed by atoms with E-state index in [9.17, 15) is 39.0 Å². The van der Waals surface area contributed by atoms with E-state index >= 15 is 0 Å². The molecule has 0 radical (unpaired) electrons. The molecule has 4 heterocycles. The second-order valence-electron chi connectivity index (χ2n) is 21.9. The highest BCUT2D eigenvalue weighted by atomic mass is 16.6. The maximum Gasteiger partial charge on any atom is 0.329 e. The largest absolute Gasteiger partial charge is 0.462 e. The summed E-state index contributed by atoms with van der Waals surface area (Å²) in [6, 6.07) is -1.17. The number of hydrogen-bond acceptors (Lipinski definition) is 16. The molecule has 0 unspecified atom stereocenters. The van der Waals surface area contributed by atoms with Crippen LogP contribution in [0.5, 0.6) is 0 Å². The molecule has 15 atom stereocenters. The number of allylic oxidation sites excluding steroid dienone is 6. The predicted molar refractivity (Wildman–Crippen MR) is 282 cm³/mol. The summed E-state index contributed by atoms with van der Waals surface area (Å²) in [5.41, 5.74) is 1.25. The number of ether oxygens (including phenoxy) is 7. The van der Waals surface area contributed by atoms with Gasteiger partial charge >= 0.3 is 11.9 Å². The zero-order valence-electron chi connectivity index (χ0n) is 46.6. The Morgan fingerprint density at radius 1 is 0.882 bits per heavy atom. The van der Waals surface area contributed by atoms with Crippen LogP contribution in [0, 0.1) is 35.5 Å². The zero-order valence-corrected chi connectivity index (χ0v) is 46.6. The van der Waals surface area contributed by atoms with E-state index in [0.717, 1.165) is 12.0 Å². The van der Waals surface area contributed by atoms with Crippen LogP contribution in [-0.4, -0.2) is 156 Å². The number of fused-ring (bicyclic) bond motifs is 3. The fourth-order valence-corrected chi connectivity index (χ4v) is 11.2. The van der Waals surface area contributed by atoms with Gasteiger partial charge in [-0.2, -0.15) is 0 Å². The van der Waals surface area contributed by atoms with Crippen molar-refractivity contribution in [2.24, 2.45) is 35.5 Å². The molecule has 2 bridgehead atoms. The number of imidazole rings is 1. The Kier molecular flexibility index (Phi) is 24.4. The number of hydrogen-bond donors (Lipinski definition) is 2.